The van der Waals surface area contributed by atoms with Gasteiger partial charge in [0.2, 0.25) is 0 Å². The molecule has 1 fully saturated rings. The van der Waals surface area contributed by atoms with E-state index in [1.54, 1.807) is 12.1 Å². The van der Waals surface area contributed by atoms with Crippen LogP contribution in [0.25, 0.3) is 0 Å². The summed E-state index contributed by atoms with van der Waals surface area (Å²) in [6.45, 7) is 2.03. The van der Waals surface area contributed by atoms with E-state index in [2.05, 4.69) is 10.4 Å². The van der Waals surface area contributed by atoms with Gasteiger partial charge < -0.3 is 10.1 Å². The summed E-state index contributed by atoms with van der Waals surface area (Å²) >= 11 is 0. The average molecular weight is 410 g/mol. The standard InChI is InChI=1S/C21H19FN4O4/c1-13(27)19-12-18(24-26(19)14-5-3-2-4-6-14)20(28)23-17-11-15(7-8-16(17)22)25-9-10-30-21(25)29/h2-8,11,19H,9-10,12H2,1H3,(H,23,28). The molecular formula is C21H19FN4O4. The zero-order chi connectivity index (χ0) is 21.3. The first-order valence-corrected chi connectivity index (χ1v) is 9.41. The minimum Gasteiger partial charge on any atom is -0.447 e. The number of rotatable bonds is 5. The molecule has 2 aliphatic heterocycles. The molecule has 4 rings (SSSR count). The minimum atomic E-state index is -0.652. The van der Waals surface area contributed by atoms with Crippen molar-refractivity contribution < 1.29 is 23.5 Å². The molecule has 2 amide bonds. The lowest BCUT2D eigenvalue weighted by atomic mass is 10.1. The molecule has 1 atom stereocenters. The summed E-state index contributed by atoms with van der Waals surface area (Å²) < 4.78 is 19.2. The number of Topliss-reactive ketones (excluding diaryl/α,β-unsaturated/α-hetero) is 1. The maximum atomic E-state index is 14.3. The molecule has 154 valence electrons. The van der Waals surface area contributed by atoms with Gasteiger partial charge in [-0.3, -0.25) is 19.5 Å². The van der Waals surface area contributed by atoms with E-state index < -0.39 is 23.9 Å². The number of ketones is 1. The lowest BCUT2D eigenvalue weighted by Crippen LogP contribution is -2.33. The van der Waals surface area contributed by atoms with E-state index in [0.717, 1.165) is 0 Å². The number of hydrogen-bond donors (Lipinski definition) is 1. The van der Waals surface area contributed by atoms with Crippen LogP contribution >= 0.6 is 0 Å². The van der Waals surface area contributed by atoms with Crippen molar-refractivity contribution in [3.05, 3.63) is 54.3 Å². The molecule has 0 bridgehead atoms. The first kappa shape index (κ1) is 19.6. The molecule has 30 heavy (non-hydrogen) atoms. The third kappa shape index (κ3) is 3.73. The Labute approximate surface area is 171 Å². The first-order chi connectivity index (χ1) is 14.4. The summed E-state index contributed by atoms with van der Waals surface area (Å²) in [6, 6.07) is 12.4. The van der Waals surface area contributed by atoms with Crippen LogP contribution in [0.15, 0.2) is 53.6 Å². The second-order valence-electron chi connectivity index (χ2n) is 6.94. The number of nitrogens with zero attached hydrogens (tertiary/aromatic N) is 3. The molecule has 2 aromatic carbocycles. The van der Waals surface area contributed by atoms with Gasteiger partial charge in [-0.05, 0) is 37.3 Å². The third-order valence-corrected chi connectivity index (χ3v) is 4.93. The number of para-hydroxylation sites is 1. The van der Waals surface area contributed by atoms with E-state index in [-0.39, 0.29) is 30.2 Å². The highest BCUT2D eigenvalue weighted by Gasteiger charge is 2.34. The molecule has 1 N–H and O–H groups in total. The first-order valence-electron chi connectivity index (χ1n) is 9.41. The van der Waals surface area contributed by atoms with Crippen LogP contribution in [-0.4, -0.2) is 42.7 Å². The van der Waals surface area contributed by atoms with Crippen molar-refractivity contribution in [2.75, 3.05) is 28.4 Å². The fraction of sp³-hybridized carbons (Fsp3) is 0.238. The van der Waals surface area contributed by atoms with E-state index >= 15 is 0 Å². The highest BCUT2D eigenvalue weighted by atomic mass is 19.1. The van der Waals surface area contributed by atoms with Gasteiger partial charge in [0.25, 0.3) is 5.91 Å². The molecule has 0 spiro atoms. The number of hydrogen-bond acceptors (Lipinski definition) is 6. The highest BCUT2D eigenvalue weighted by Crippen LogP contribution is 2.27. The Morgan fingerprint density at radius 2 is 1.93 bits per heavy atom. The number of benzene rings is 2. The van der Waals surface area contributed by atoms with E-state index in [0.29, 0.717) is 17.9 Å². The van der Waals surface area contributed by atoms with Crippen LogP contribution in [0.5, 0.6) is 0 Å². The van der Waals surface area contributed by atoms with E-state index in [1.807, 2.05) is 18.2 Å². The Hall–Kier alpha value is -3.75. The summed E-state index contributed by atoms with van der Waals surface area (Å²) in [5.74, 6) is -1.40. The van der Waals surface area contributed by atoms with Crippen molar-refractivity contribution in [1.82, 2.24) is 0 Å². The molecule has 2 aromatic rings. The molecular weight excluding hydrogens is 391 g/mol. The van der Waals surface area contributed by atoms with Crippen LogP contribution in [-0.2, 0) is 14.3 Å². The van der Waals surface area contributed by atoms with Gasteiger partial charge in [-0.25, -0.2) is 9.18 Å². The topological polar surface area (TPSA) is 91.3 Å². The van der Waals surface area contributed by atoms with Gasteiger partial charge in [0, 0.05) is 12.1 Å². The fourth-order valence-electron chi connectivity index (χ4n) is 3.38. The van der Waals surface area contributed by atoms with Crippen molar-refractivity contribution in [3.8, 4) is 0 Å². The van der Waals surface area contributed by atoms with Crippen molar-refractivity contribution >= 4 is 40.6 Å². The summed E-state index contributed by atoms with van der Waals surface area (Å²) in [4.78, 5) is 37.9. The van der Waals surface area contributed by atoms with Crippen molar-refractivity contribution in [2.45, 2.75) is 19.4 Å². The quantitative estimate of drug-likeness (QED) is 0.818. The van der Waals surface area contributed by atoms with Gasteiger partial charge >= 0.3 is 6.09 Å². The SMILES string of the molecule is CC(=O)C1CC(C(=O)Nc2cc(N3CCOC3=O)ccc2F)=NN1c1ccccc1. The second kappa shape index (κ2) is 7.94. The van der Waals surface area contributed by atoms with Gasteiger partial charge in [0.05, 0.1) is 17.9 Å². The lowest BCUT2D eigenvalue weighted by Gasteiger charge is -2.20. The van der Waals surface area contributed by atoms with Crippen molar-refractivity contribution in [1.29, 1.82) is 0 Å². The molecule has 2 aliphatic rings. The number of halogens is 1. The second-order valence-corrected chi connectivity index (χ2v) is 6.94. The number of carbonyl (C=O) groups is 3. The lowest BCUT2D eigenvalue weighted by molar-refractivity contribution is -0.118. The molecule has 9 heteroatoms. The zero-order valence-corrected chi connectivity index (χ0v) is 16.2. The number of amides is 2. The minimum absolute atomic E-state index is 0.0857. The third-order valence-electron chi connectivity index (χ3n) is 4.93. The Kier molecular flexibility index (Phi) is 5.18. The van der Waals surface area contributed by atoms with Crippen LogP contribution in [0, 0.1) is 5.82 Å². The number of cyclic esters (lactones) is 1. The zero-order valence-electron chi connectivity index (χ0n) is 16.2. The normalized spacial score (nSPS) is 18.3. The number of ether oxygens (including phenoxy) is 1. The van der Waals surface area contributed by atoms with Crippen LogP contribution in [0.1, 0.15) is 13.3 Å². The maximum absolute atomic E-state index is 14.3. The van der Waals surface area contributed by atoms with Gasteiger partial charge in [-0.15, -0.1) is 0 Å². The molecule has 0 radical (unpaired) electrons. The molecule has 2 heterocycles. The Balaban J connectivity index is 1.56. The molecule has 0 aliphatic carbocycles. The van der Waals surface area contributed by atoms with Gasteiger partial charge in [0.15, 0.2) is 5.78 Å². The largest absolute Gasteiger partial charge is 0.447 e. The van der Waals surface area contributed by atoms with Crippen LogP contribution in [0.3, 0.4) is 0 Å². The Morgan fingerprint density at radius 3 is 2.60 bits per heavy atom. The average Bonchev–Trinajstić information content (AvgIpc) is 3.37. The maximum Gasteiger partial charge on any atom is 0.414 e. The van der Waals surface area contributed by atoms with Crippen LogP contribution in [0.4, 0.5) is 26.2 Å². The summed E-state index contributed by atoms with van der Waals surface area (Å²) in [7, 11) is 0. The molecule has 0 saturated carbocycles. The highest BCUT2D eigenvalue weighted by molar-refractivity contribution is 6.44. The monoisotopic (exact) mass is 410 g/mol. The summed E-state index contributed by atoms with van der Waals surface area (Å²) in [5.41, 5.74) is 1.12. The molecule has 0 aromatic heterocycles. The predicted octanol–water partition coefficient (Wildman–Crippen LogP) is 2.94. The van der Waals surface area contributed by atoms with Crippen molar-refractivity contribution in [2.24, 2.45) is 5.10 Å². The number of anilines is 3. The number of nitrogens with one attached hydrogen (secondary N) is 1. The summed E-state index contributed by atoms with van der Waals surface area (Å²) in [5, 5.41) is 8.31. The van der Waals surface area contributed by atoms with Crippen molar-refractivity contribution in [3.63, 3.8) is 0 Å². The smallest absolute Gasteiger partial charge is 0.414 e. The number of hydrazone groups is 1. The van der Waals surface area contributed by atoms with Crippen LogP contribution in [0.2, 0.25) is 0 Å². The van der Waals surface area contributed by atoms with E-state index in [4.69, 9.17) is 4.74 Å². The van der Waals surface area contributed by atoms with Gasteiger partial charge in [0.1, 0.15) is 24.2 Å². The molecule has 1 unspecified atom stereocenters. The fourth-order valence-corrected chi connectivity index (χ4v) is 3.38. The number of carbonyl (C=O) groups excluding carboxylic acids is 3. The Bertz CT molecular complexity index is 1040. The van der Waals surface area contributed by atoms with E-state index in [1.165, 1.54) is 35.0 Å². The molecule has 1 saturated heterocycles. The van der Waals surface area contributed by atoms with Gasteiger partial charge in [-0.2, -0.15) is 5.10 Å². The predicted molar refractivity (Wildman–Crippen MR) is 109 cm³/mol. The molecule has 8 nitrogen and oxygen atoms in total. The Morgan fingerprint density at radius 1 is 1.17 bits per heavy atom. The summed E-state index contributed by atoms with van der Waals surface area (Å²) in [6.07, 6.45) is -0.419. The van der Waals surface area contributed by atoms with E-state index in [9.17, 15) is 18.8 Å². The van der Waals surface area contributed by atoms with Crippen LogP contribution < -0.4 is 15.2 Å². The van der Waals surface area contributed by atoms with Gasteiger partial charge in [-0.1, -0.05) is 18.2 Å².